The Kier molecular flexibility index (Phi) is 36.6. The summed E-state index contributed by atoms with van der Waals surface area (Å²) < 4.78 is 5.97. The summed E-state index contributed by atoms with van der Waals surface area (Å²) in [7, 11) is 0. The average Bonchev–Trinajstić information content (AvgIpc) is 3.04. The minimum Gasteiger partial charge on any atom is -0.481 e. The fourth-order valence-corrected chi connectivity index (χ4v) is 6.16. The van der Waals surface area contributed by atoms with Gasteiger partial charge < -0.3 is 9.84 Å². The number of unbranched alkanes of at least 4 members (excludes halogenated alkanes) is 24. The highest BCUT2D eigenvalue weighted by molar-refractivity contribution is 5.69. The van der Waals surface area contributed by atoms with E-state index in [1.807, 2.05) is 0 Å². The van der Waals surface area contributed by atoms with E-state index in [1.54, 1.807) is 0 Å². The number of hydrogen-bond acceptors (Lipinski definition) is 3. The maximum Gasteiger partial charge on any atom is 0.306 e. The van der Waals surface area contributed by atoms with Gasteiger partial charge in [0.25, 0.3) is 0 Å². The topological polar surface area (TPSA) is 63.6 Å². The molecule has 4 nitrogen and oxygen atoms in total. The average molecular weight is 647 g/mol. The molecule has 270 valence electrons. The van der Waals surface area contributed by atoms with Crippen molar-refractivity contribution in [2.24, 2.45) is 0 Å². The van der Waals surface area contributed by atoms with E-state index >= 15 is 0 Å². The number of allylic oxidation sites excluding steroid dienone is 4. The summed E-state index contributed by atoms with van der Waals surface area (Å²) in [5.74, 6) is -0.703. The van der Waals surface area contributed by atoms with E-state index in [1.165, 1.54) is 128 Å². The molecule has 0 amide bonds. The molecule has 0 radical (unpaired) electrons. The Morgan fingerprint density at radius 1 is 0.478 bits per heavy atom. The molecule has 0 heterocycles. The molecule has 0 aromatic carbocycles. The number of esters is 1. The molecule has 0 fully saturated rings. The van der Waals surface area contributed by atoms with Crippen LogP contribution in [0.15, 0.2) is 24.3 Å². The van der Waals surface area contributed by atoms with E-state index in [9.17, 15) is 9.59 Å². The third kappa shape index (κ3) is 36.9. The predicted octanol–water partition coefficient (Wildman–Crippen LogP) is 14.0. The summed E-state index contributed by atoms with van der Waals surface area (Å²) in [4.78, 5) is 23.3. The van der Waals surface area contributed by atoms with Gasteiger partial charge in [0.1, 0.15) is 6.10 Å². The summed E-state index contributed by atoms with van der Waals surface area (Å²) in [5, 5.41) is 8.79. The van der Waals surface area contributed by atoms with Gasteiger partial charge in [0.15, 0.2) is 0 Å². The van der Waals surface area contributed by atoms with Crippen molar-refractivity contribution in [3.05, 3.63) is 24.3 Å². The SMILES string of the molecule is CCCCCCC/C=C\C/C=C\CCCCCCCCCCCC(=O)OC(CCCCCCCCC)CCCCCCCC(=O)O. The molecule has 0 rings (SSSR count). The van der Waals surface area contributed by atoms with Gasteiger partial charge in [-0.05, 0) is 70.6 Å². The summed E-state index contributed by atoms with van der Waals surface area (Å²) in [6.07, 6.45) is 47.8. The molecular formula is C42H78O4. The second-order valence-corrected chi connectivity index (χ2v) is 13.8. The van der Waals surface area contributed by atoms with Crippen LogP contribution in [0.1, 0.15) is 226 Å². The Morgan fingerprint density at radius 2 is 0.848 bits per heavy atom. The highest BCUT2D eigenvalue weighted by atomic mass is 16.5. The van der Waals surface area contributed by atoms with Gasteiger partial charge in [0.05, 0.1) is 0 Å². The number of carboxylic acids is 1. The third-order valence-electron chi connectivity index (χ3n) is 9.18. The lowest BCUT2D eigenvalue weighted by Crippen LogP contribution is -2.18. The Labute approximate surface area is 287 Å². The first-order chi connectivity index (χ1) is 22.6. The lowest BCUT2D eigenvalue weighted by molar-refractivity contribution is -0.150. The summed E-state index contributed by atoms with van der Waals surface area (Å²) in [6.45, 7) is 4.53. The second-order valence-electron chi connectivity index (χ2n) is 13.8. The molecule has 0 saturated heterocycles. The van der Waals surface area contributed by atoms with E-state index in [-0.39, 0.29) is 18.5 Å². The summed E-state index contributed by atoms with van der Waals surface area (Å²) in [5.41, 5.74) is 0. The smallest absolute Gasteiger partial charge is 0.306 e. The molecule has 1 unspecified atom stereocenters. The van der Waals surface area contributed by atoms with E-state index in [0.717, 1.165) is 70.6 Å². The van der Waals surface area contributed by atoms with Crippen LogP contribution in [0.3, 0.4) is 0 Å². The van der Waals surface area contributed by atoms with Crippen molar-refractivity contribution in [2.75, 3.05) is 0 Å². The van der Waals surface area contributed by atoms with Crippen LogP contribution in [-0.2, 0) is 14.3 Å². The van der Waals surface area contributed by atoms with Crippen molar-refractivity contribution in [2.45, 2.75) is 232 Å². The number of carbonyl (C=O) groups excluding carboxylic acids is 1. The fourth-order valence-electron chi connectivity index (χ4n) is 6.16. The van der Waals surface area contributed by atoms with E-state index < -0.39 is 5.97 Å². The standard InChI is InChI=1S/C42H78O4/c1-3-5-7-9-11-12-13-14-15-16-17-18-19-20-21-22-23-24-26-31-35-39-42(45)46-40(36-32-28-25-10-8-6-4-2)37-33-29-27-30-34-38-41(43)44/h13-14,16-17,40H,3-12,15,18-39H2,1-2H3,(H,43,44)/b14-13-,17-16-. The summed E-state index contributed by atoms with van der Waals surface area (Å²) >= 11 is 0. The first-order valence-electron chi connectivity index (χ1n) is 20.3. The van der Waals surface area contributed by atoms with Gasteiger partial charge in [0.2, 0.25) is 0 Å². The first kappa shape index (κ1) is 44.4. The molecule has 0 bridgehead atoms. The zero-order valence-corrected chi connectivity index (χ0v) is 30.9. The van der Waals surface area contributed by atoms with Crippen molar-refractivity contribution < 1.29 is 19.4 Å². The van der Waals surface area contributed by atoms with Gasteiger partial charge in [-0.1, -0.05) is 167 Å². The van der Waals surface area contributed by atoms with Gasteiger partial charge >= 0.3 is 11.9 Å². The lowest BCUT2D eigenvalue weighted by atomic mass is 10.0. The van der Waals surface area contributed by atoms with Crippen molar-refractivity contribution in [3.63, 3.8) is 0 Å². The number of aliphatic carboxylic acids is 1. The first-order valence-corrected chi connectivity index (χ1v) is 20.3. The highest BCUT2D eigenvalue weighted by Gasteiger charge is 2.14. The van der Waals surface area contributed by atoms with Crippen LogP contribution in [0.25, 0.3) is 0 Å². The zero-order chi connectivity index (χ0) is 33.6. The van der Waals surface area contributed by atoms with Crippen LogP contribution in [0, 0.1) is 0 Å². The molecule has 0 aliphatic rings. The number of ether oxygens (including phenoxy) is 1. The van der Waals surface area contributed by atoms with Crippen LogP contribution >= 0.6 is 0 Å². The van der Waals surface area contributed by atoms with Gasteiger partial charge in [-0.25, -0.2) is 0 Å². The second kappa shape index (κ2) is 37.9. The maximum atomic E-state index is 12.6. The van der Waals surface area contributed by atoms with Gasteiger partial charge in [-0.3, -0.25) is 9.59 Å². The maximum absolute atomic E-state index is 12.6. The molecule has 0 aliphatic heterocycles. The molecule has 4 heteroatoms. The lowest BCUT2D eigenvalue weighted by Gasteiger charge is -2.18. The van der Waals surface area contributed by atoms with Crippen LogP contribution in [-0.4, -0.2) is 23.1 Å². The molecule has 0 aromatic heterocycles. The quantitative estimate of drug-likeness (QED) is 0.0414. The zero-order valence-electron chi connectivity index (χ0n) is 30.9. The number of carbonyl (C=O) groups is 2. The van der Waals surface area contributed by atoms with Gasteiger partial charge in [-0.2, -0.15) is 0 Å². The van der Waals surface area contributed by atoms with E-state index in [2.05, 4.69) is 38.2 Å². The minimum atomic E-state index is -0.700. The molecule has 0 spiro atoms. The third-order valence-corrected chi connectivity index (χ3v) is 9.18. The number of rotatable bonds is 37. The Balaban J connectivity index is 3.83. The normalized spacial score (nSPS) is 12.4. The van der Waals surface area contributed by atoms with E-state index in [0.29, 0.717) is 6.42 Å². The predicted molar refractivity (Wildman–Crippen MR) is 200 cm³/mol. The molecular weight excluding hydrogens is 568 g/mol. The van der Waals surface area contributed by atoms with Crippen molar-refractivity contribution in [1.82, 2.24) is 0 Å². The summed E-state index contributed by atoms with van der Waals surface area (Å²) in [6, 6.07) is 0. The van der Waals surface area contributed by atoms with Crippen LogP contribution in [0.4, 0.5) is 0 Å². The Hall–Kier alpha value is -1.58. The van der Waals surface area contributed by atoms with Crippen LogP contribution < -0.4 is 0 Å². The number of carboxylic acid groups (broad SMARTS) is 1. The molecule has 1 atom stereocenters. The van der Waals surface area contributed by atoms with Crippen molar-refractivity contribution in [3.8, 4) is 0 Å². The van der Waals surface area contributed by atoms with Crippen molar-refractivity contribution in [1.29, 1.82) is 0 Å². The molecule has 0 aliphatic carbocycles. The Morgan fingerprint density at radius 3 is 1.28 bits per heavy atom. The van der Waals surface area contributed by atoms with Gasteiger partial charge in [0, 0.05) is 12.8 Å². The van der Waals surface area contributed by atoms with Crippen LogP contribution in [0.5, 0.6) is 0 Å². The molecule has 46 heavy (non-hydrogen) atoms. The van der Waals surface area contributed by atoms with Crippen molar-refractivity contribution >= 4 is 11.9 Å². The minimum absolute atomic E-state index is 0.00252. The highest BCUT2D eigenvalue weighted by Crippen LogP contribution is 2.19. The molecule has 1 N–H and O–H groups in total. The van der Waals surface area contributed by atoms with Gasteiger partial charge in [-0.15, -0.1) is 0 Å². The van der Waals surface area contributed by atoms with Crippen LogP contribution in [0.2, 0.25) is 0 Å². The molecule has 0 aromatic rings. The Bertz CT molecular complexity index is 698. The number of hydrogen-bond donors (Lipinski definition) is 1. The molecule has 0 saturated carbocycles. The largest absolute Gasteiger partial charge is 0.481 e. The van der Waals surface area contributed by atoms with E-state index in [4.69, 9.17) is 9.84 Å². The monoisotopic (exact) mass is 647 g/mol. The fraction of sp³-hybridized carbons (Fsp3) is 0.857.